The molecule has 0 radical (unpaired) electrons. The number of aromatic nitrogens is 1. The van der Waals surface area contributed by atoms with Gasteiger partial charge in [0.1, 0.15) is 5.82 Å². The molecule has 0 bridgehead atoms. The minimum atomic E-state index is -1.01. The summed E-state index contributed by atoms with van der Waals surface area (Å²) in [6.45, 7) is 0.452. The monoisotopic (exact) mass is 363 g/mol. The van der Waals surface area contributed by atoms with Gasteiger partial charge in [0, 0.05) is 37.2 Å². The first-order chi connectivity index (χ1) is 12.4. The molecule has 0 unspecified atom stereocenters. The van der Waals surface area contributed by atoms with Crippen LogP contribution in [0.2, 0.25) is 0 Å². The molecule has 138 valence electrons. The molecule has 2 aromatic rings. The molecular weight excluding hydrogens is 344 g/mol. The summed E-state index contributed by atoms with van der Waals surface area (Å²) >= 11 is 0. The van der Waals surface area contributed by atoms with Crippen LogP contribution >= 0.6 is 0 Å². The Morgan fingerprint density at radius 1 is 1.38 bits per heavy atom. The summed E-state index contributed by atoms with van der Waals surface area (Å²) in [5.74, 6) is -2.76. The lowest BCUT2D eigenvalue weighted by Crippen LogP contribution is -2.36. The van der Waals surface area contributed by atoms with Gasteiger partial charge in [0.05, 0.1) is 18.7 Å². The predicted octanol–water partition coefficient (Wildman–Crippen LogP) is 2.51. The minimum Gasteiger partial charge on any atom is -0.472 e. The summed E-state index contributed by atoms with van der Waals surface area (Å²) in [5.41, 5.74) is 0.458. The number of rotatable bonds is 5. The normalized spacial score (nSPS) is 19.3. The smallest absolute Gasteiger partial charge is 0.273 e. The van der Waals surface area contributed by atoms with Crippen molar-refractivity contribution < 1.29 is 22.8 Å². The quantitative estimate of drug-likeness (QED) is 0.886. The van der Waals surface area contributed by atoms with Gasteiger partial charge in [-0.3, -0.25) is 9.59 Å². The van der Waals surface area contributed by atoms with E-state index in [0.717, 1.165) is 11.8 Å². The Kier molecular flexibility index (Phi) is 5.29. The third kappa shape index (κ3) is 4.07. The standard InChI is InChI=1S/C18H19F2N3O3/c1-23(9-11-4-5-26-10-11)18(25)12-2-3-14(6-12)22-17(24)16-15(20)7-13(19)8-21-16/h4-5,7-8,10,12,14H,2-3,6,9H2,1H3,(H,22,24)/t12-,14+/m0/s1. The summed E-state index contributed by atoms with van der Waals surface area (Å²) < 4.78 is 31.5. The molecule has 2 heterocycles. The van der Waals surface area contributed by atoms with E-state index in [4.69, 9.17) is 4.42 Å². The van der Waals surface area contributed by atoms with Gasteiger partial charge in [-0.25, -0.2) is 13.8 Å². The number of pyridine rings is 1. The molecule has 6 nitrogen and oxygen atoms in total. The van der Waals surface area contributed by atoms with Crippen molar-refractivity contribution in [3.8, 4) is 0 Å². The van der Waals surface area contributed by atoms with Crippen molar-refractivity contribution in [2.24, 2.45) is 5.92 Å². The average molecular weight is 363 g/mol. The molecule has 1 aliphatic rings. The lowest BCUT2D eigenvalue weighted by Gasteiger charge is -2.20. The highest BCUT2D eigenvalue weighted by Crippen LogP contribution is 2.28. The van der Waals surface area contributed by atoms with Crippen LogP contribution in [0, 0.1) is 17.6 Å². The zero-order valence-electron chi connectivity index (χ0n) is 14.2. The Morgan fingerprint density at radius 3 is 2.88 bits per heavy atom. The van der Waals surface area contributed by atoms with Crippen LogP contribution < -0.4 is 5.32 Å². The van der Waals surface area contributed by atoms with Crippen LogP contribution in [0.15, 0.2) is 35.3 Å². The van der Waals surface area contributed by atoms with Crippen molar-refractivity contribution >= 4 is 11.8 Å². The number of carbonyl (C=O) groups is 2. The molecule has 3 rings (SSSR count). The number of halogens is 2. The fourth-order valence-corrected chi connectivity index (χ4v) is 3.22. The molecule has 0 saturated heterocycles. The van der Waals surface area contributed by atoms with Gasteiger partial charge in [0.2, 0.25) is 5.91 Å². The maximum Gasteiger partial charge on any atom is 0.273 e. The molecular formula is C18H19F2N3O3. The first kappa shape index (κ1) is 18.0. The number of hydrogen-bond donors (Lipinski definition) is 1. The van der Waals surface area contributed by atoms with Gasteiger partial charge in [-0.1, -0.05) is 0 Å². The molecule has 1 aliphatic carbocycles. The molecule has 1 fully saturated rings. The molecule has 26 heavy (non-hydrogen) atoms. The molecule has 0 aliphatic heterocycles. The van der Waals surface area contributed by atoms with Gasteiger partial charge in [-0.15, -0.1) is 0 Å². The van der Waals surface area contributed by atoms with Crippen LogP contribution in [0.3, 0.4) is 0 Å². The summed E-state index contributed by atoms with van der Waals surface area (Å²) in [7, 11) is 1.72. The van der Waals surface area contributed by atoms with Crippen molar-refractivity contribution in [1.82, 2.24) is 15.2 Å². The topological polar surface area (TPSA) is 75.4 Å². The Morgan fingerprint density at radius 2 is 2.19 bits per heavy atom. The first-order valence-electron chi connectivity index (χ1n) is 8.32. The summed E-state index contributed by atoms with van der Waals surface area (Å²) in [4.78, 5) is 29.8. The Balaban J connectivity index is 1.54. The lowest BCUT2D eigenvalue weighted by molar-refractivity contribution is -0.134. The third-order valence-corrected chi connectivity index (χ3v) is 4.52. The van der Waals surface area contributed by atoms with Crippen LogP contribution in [0.5, 0.6) is 0 Å². The number of furan rings is 1. The average Bonchev–Trinajstić information content (AvgIpc) is 3.26. The van der Waals surface area contributed by atoms with Gasteiger partial charge in [-0.2, -0.15) is 0 Å². The Bertz CT molecular complexity index is 795. The van der Waals surface area contributed by atoms with Gasteiger partial charge in [0.25, 0.3) is 5.91 Å². The molecule has 8 heteroatoms. The second kappa shape index (κ2) is 7.63. The van der Waals surface area contributed by atoms with E-state index in [1.54, 1.807) is 30.5 Å². The summed E-state index contributed by atoms with van der Waals surface area (Å²) in [6.07, 6.45) is 5.67. The number of carbonyl (C=O) groups excluding carboxylic acids is 2. The van der Waals surface area contributed by atoms with Crippen LogP contribution in [-0.2, 0) is 11.3 Å². The Labute approximate surface area is 149 Å². The first-order valence-corrected chi connectivity index (χ1v) is 8.32. The number of nitrogens with zero attached hydrogens (tertiary/aromatic N) is 2. The van der Waals surface area contributed by atoms with Crippen molar-refractivity contribution in [3.05, 3.63) is 53.7 Å². The zero-order chi connectivity index (χ0) is 18.7. The van der Waals surface area contributed by atoms with E-state index < -0.39 is 23.2 Å². The fourth-order valence-electron chi connectivity index (χ4n) is 3.22. The molecule has 0 aromatic carbocycles. The van der Waals surface area contributed by atoms with E-state index in [-0.39, 0.29) is 17.9 Å². The van der Waals surface area contributed by atoms with Gasteiger partial charge < -0.3 is 14.6 Å². The molecule has 2 amide bonds. The van der Waals surface area contributed by atoms with E-state index in [9.17, 15) is 18.4 Å². The summed E-state index contributed by atoms with van der Waals surface area (Å²) in [6, 6.07) is 2.17. The van der Waals surface area contributed by atoms with Crippen molar-refractivity contribution in [1.29, 1.82) is 0 Å². The molecule has 0 spiro atoms. The maximum atomic E-state index is 13.6. The van der Waals surface area contributed by atoms with Crippen LogP contribution in [0.4, 0.5) is 8.78 Å². The van der Waals surface area contributed by atoms with Gasteiger partial charge in [0.15, 0.2) is 11.5 Å². The van der Waals surface area contributed by atoms with Crippen molar-refractivity contribution in [2.75, 3.05) is 7.05 Å². The van der Waals surface area contributed by atoms with Crippen LogP contribution in [-0.4, -0.2) is 34.8 Å². The highest BCUT2D eigenvalue weighted by Gasteiger charge is 2.33. The van der Waals surface area contributed by atoms with E-state index in [1.807, 2.05) is 0 Å². The fraction of sp³-hybridized carbons (Fsp3) is 0.389. The van der Waals surface area contributed by atoms with Crippen molar-refractivity contribution in [2.45, 2.75) is 31.8 Å². The summed E-state index contributed by atoms with van der Waals surface area (Å²) in [5, 5.41) is 2.68. The van der Waals surface area contributed by atoms with E-state index in [2.05, 4.69) is 10.3 Å². The molecule has 1 N–H and O–H groups in total. The number of amides is 2. The maximum absolute atomic E-state index is 13.6. The van der Waals surface area contributed by atoms with E-state index in [0.29, 0.717) is 31.9 Å². The molecule has 2 aromatic heterocycles. The second-order valence-electron chi connectivity index (χ2n) is 6.49. The van der Waals surface area contributed by atoms with Crippen LogP contribution in [0.25, 0.3) is 0 Å². The molecule has 1 saturated carbocycles. The minimum absolute atomic E-state index is 0.00552. The molecule has 2 atom stereocenters. The van der Waals surface area contributed by atoms with Crippen molar-refractivity contribution in [3.63, 3.8) is 0 Å². The van der Waals surface area contributed by atoms with Crippen LogP contribution in [0.1, 0.15) is 35.3 Å². The highest BCUT2D eigenvalue weighted by molar-refractivity contribution is 5.92. The highest BCUT2D eigenvalue weighted by atomic mass is 19.1. The SMILES string of the molecule is CN(Cc1ccoc1)C(=O)[C@H]1CC[C@@H](NC(=O)c2ncc(F)cc2F)C1. The van der Waals surface area contributed by atoms with Gasteiger partial charge in [-0.05, 0) is 25.3 Å². The lowest BCUT2D eigenvalue weighted by atomic mass is 10.1. The van der Waals surface area contributed by atoms with E-state index >= 15 is 0 Å². The third-order valence-electron chi connectivity index (χ3n) is 4.52. The zero-order valence-corrected chi connectivity index (χ0v) is 14.2. The van der Waals surface area contributed by atoms with E-state index in [1.165, 1.54) is 0 Å². The largest absolute Gasteiger partial charge is 0.472 e. The number of hydrogen-bond acceptors (Lipinski definition) is 4. The van der Waals surface area contributed by atoms with Gasteiger partial charge >= 0.3 is 0 Å². The second-order valence-corrected chi connectivity index (χ2v) is 6.49. The number of nitrogens with one attached hydrogen (secondary N) is 1. The predicted molar refractivity (Wildman–Crippen MR) is 87.9 cm³/mol. The Hall–Kier alpha value is -2.77.